The predicted octanol–water partition coefficient (Wildman–Crippen LogP) is 1.50. The van der Waals surface area contributed by atoms with E-state index in [0.717, 1.165) is 13.2 Å². The fourth-order valence-corrected chi connectivity index (χ4v) is 1.47. The molecule has 0 spiro atoms. The summed E-state index contributed by atoms with van der Waals surface area (Å²) in [5.41, 5.74) is 1.75. The monoisotopic (exact) mass is 287 g/mol. The second-order valence-corrected chi connectivity index (χ2v) is 3.71. The van der Waals surface area contributed by atoms with Gasteiger partial charge >= 0.3 is 5.97 Å². The molecule has 9 heteroatoms. The summed E-state index contributed by atoms with van der Waals surface area (Å²) in [7, 11) is 1.15. The van der Waals surface area contributed by atoms with Crippen LogP contribution in [0, 0.1) is 39.7 Å². The fourth-order valence-electron chi connectivity index (χ4n) is 1.47. The summed E-state index contributed by atoms with van der Waals surface area (Å²) in [6, 6.07) is 5.46. The van der Waals surface area contributed by atoms with Gasteiger partial charge in [0.25, 0.3) is 5.69 Å². The largest absolute Gasteiger partial charge is 0.465 e. The third-order valence-corrected chi connectivity index (χ3v) is 2.49. The summed E-state index contributed by atoms with van der Waals surface area (Å²) < 4.78 is 4.54. The predicted molar refractivity (Wildman–Crippen MR) is 71.5 cm³/mol. The number of esters is 1. The van der Waals surface area contributed by atoms with Crippen molar-refractivity contribution in [3.8, 4) is 12.1 Å². The van der Waals surface area contributed by atoms with Gasteiger partial charge in [-0.15, -0.1) is 0 Å². The molecule has 1 rings (SSSR count). The van der Waals surface area contributed by atoms with E-state index >= 15 is 0 Å². The highest BCUT2D eigenvalue weighted by Gasteiger charge is 2.20. The number of methoxy groups -OCH3 is 1. The lowest BCUT2D eigenvalue weighted by molar-refractivity contribution is -0.385. The molecule has 0 aliphatic rings. The molecule has 9 nitrogen and oxygen atoms in total. The first-order valence-corrected chi connectivity index (χ1v) is 5.45. The molecule has 0 heterocycles. The molecule has 0 bridgehead atoms. The number of carbonyl (C=O) groups excluding carboxylic acids is 1. The van der Waals surface area contributed by atoms with Gasteiger partial charge in [-0.2, -0.15) is 15.6 Å². The van der Waals surface area contributed by atoms with Gasteiger partial charge in [0.2, 0.25) is 5.71 Å². The number of nitrogens with zero attached hydrogens (tertiary/aromatic N) is 4. The van der Waals surface area contributed by atoms with E-state index < -0.39 is 16.6 Å². The highest BCUT2D eigenvalue weighted by Crippen LogP contribution is 2.27. The average Bonchev–Trinajstić information content (AvgIpc) is 2.48. The molecule has 0 unspecified atom stereocenters. The molecule has 0 saturated heterocycles. The van der Waals surface area contributed by atoms with Crippen molar-refractivity contribution in [2.75, 3.05) is 12.5 Å². The Morgan fingerprint density at radius 2 is 2.05 bits per heavy atom. The summed E-state index contributed by atoms with van der Waals surface area (Å²) in [6.45, 7) is 1.41. The Hall–Kier alpha value is -3.46. The molecule has 0 aliphatic heterocycles. The number of anilines is 1. The molecular weight excluding hydrogens is 278 g/mol. The maximum Gasteiger partial charge on any atom is 0.338 e. The maximum atomic E-state index is 11.6. The molecule has 106 valence electrons. The Kier molecular flexibility index (Phi) is 4.93. The van der Waals surface area contributed by atoms with Crippen LogP contribution in [-0.2, 0) is 4.74 Å². The lowest BCUT2D eigenvalue weighted by Crippen LogP contribution is -2.07. The van der Waals surface area contributed by atoms with Gasteiger partial charge < -0.3 is 4.74 Å². The van der Waals surface area contributed by atoms with Gasteiger partial charge in [-0.3, -0.25) is 15.5 Å². The number of hydrazone groups is 1. The van der Waals surface area contributed by atoms with Crippen molar-refractivity contribution in [3.63, 3.8) is 0 Å². The van der Waals surface area contributed by atoms with Crippen molar-refractivity contribution in [1.29, 1.82) is 10.5 Å². The number of ether oxygens (including phenoxy) is 1. The Labute approximate surface area is 119 Å². The Morgan fingerprint density at radius 3 is 2.52 bits per heavy atom. The third kappa shape index (κ3) is 3.52. The van der Waals surface area contributed by atoms with E-state index in [9.17, 15) is 14.9 Å². The molecular formula is C12H9N5O4. The molecule has 0 saturated carbocycles. The van der Waals surface area contributed by atoms with Crippen molar-refractivity contribution in [2.24, 2.45) is 5.10 Å². The number of hydrogen-bond donors (Lipinski definition) is 1. The summed E-state index contributed by atoms with van der Waals surface area (Å²) >= 11 is 0. The second-order valence-electron chi connectivity index (χ2n) is 3.71. The molecule has 1 aromatic carbocycles. The van der Waals surface area contributed by atoms with E-state index in [2.05, 4.69) is 15.3 Å². The molecule has 1 N–H and O–H groups in total. The van der Waals surface area contributed by atoms with E-state index in [0.29, 0.717) is 0 Å². The first kappa shape index (κ1) is 15.6. The number of benzene rings is 1. The summed E-state index contributed by atoms with van der Waals surface area (Å²) in [4.78, 5) is 21.9. The second kappa shape index (κ2) is 6.63. The van der Waals surface area contributed by atoms with Crippen LogP contribution in [0.1, 0.15) is 15.9 Å². The van der Waals surface area contributed by atoms with Gasteiger partial charge in [-0.1, -0.05) is 0 Å². The van der Waals surface area contributed by atoms with Crippen molar-refractivity contribution in [2.45, 2.75) is 6.92 Å². The van der Waals surface area contributed by atoms with Crippen LogP contribution in [0.2, 0.25) is 0 Å². The minimum Gasteiger partial charge on any atom is -0.465 e. The number of hydrogen-bond acceptors (Lipinski definition) is 8. The minimum absolute atomic E-state index is 0.0140. The smallest absolute Gasteiger partial charge is 0.338 e. The highest BCUT2D eigenvalue weighted by molar-refractivity contribution is 6.10. The van der Waals surface area contributed by atoms with Crippen LogP contribution in [0.4, 0.5) is 11.4 Å². The van der Waals surface area contributed by atoms with Gasteiger partial charge in [0.1, 0.15) is 12.1 Å². The SMILES string of the molecule is COC(=O)c1cc(NN=C(C#N)C#N)cc([N+](=O)[O-])c1C. The summed E-state index contributed by atoms with van der Waals surface area (Å²) in [5.74, 6) is -0.746. The molecule has 21 heavy (non-hydrogen) atoms. The standard InChI is InChI=1S/C12H9N5O4/c1-7-10(12(18)21-2)3-8(4-11(7)17(19)20)15-16-9(5-13)6-14/h3-4,15H,1-2H3. The van der Waals surface area contributed by atoms with Gasteiger partial charge in [-0.05, 0) is 13.0 Å². The fraction of sp³-hybridized carbons (Fsp3) is 0.167. The minimum atomic E-state index is -0.746. The zero-order valence-corrected chi connectivity index (χ0v) is 11.1. The third-order valence-electron chi connectivity index (χ3n) is 2.49. The zero-order valence-electron chi connectivity index (χ0n) is 11.1. The van der Waals surface area contributed by atoms with Crippen molar-refractivity contribution >= 4 is 23.1 Å². The van der Waals surface area contributed by atoms with Gasteiger partial charge in [0, 0.05) is 11.6 Å². The molecule has 0 amide bonds. The lowest BCUT2D eigenvalue weighted by atomic mass is 10.1. The number of nitrogens with one attached hydrogen (secondary N) is 1. The molecule has 0 fully saturated rings. The van der Waals surface area contributed by atoms with Crippen LogP contribution in [0.15, 0.2) is 17.2 Å². The van der Waals surface area contributed by atoms with Gasteiger partial charge in [-0.25, -0.2) is 4.79 Å². The topological polar surface area (TPSA) is 141 Å². The molecule has 0 aliphatic carbocycles. The van der Waals surface area contributed by atoms with E-state index in [4.69, 9.17) is 10.5 Å². The number of carbonyl (C=O) groups is 1. The van der Waals surface area contributed by atoms with E-state index in [1.807, 2.05) is 0 Å². The Bertz CT molecular complexity index is 696. The highest BCUT2D eigenvalue weighted by atomic mass is 16.6. The van der Waals surface area contributed by atoms with E-state index in [-0.39, 0.29) is 22.5 Å². The van der Waals surface area contributed by atoms with Crippen LogP contribution in [0.3, 0.4) is 0 Å². The van der Waals surface area contributed by atoms with Crippen LogP contribution < -0.4 is 5.43 Å². The van der Waals surface area contributed by atoms with Crippen molar-refractivity contribution < 1.29 is 14.5 Å². The van der Waals surface area contributed by atoms with E-state index in [1.165, 1.54) is 25.1 Å². The number of nitro groups is 1. The normalized spacial score (nSPS) is 8.95. The number of rotatable bonds is 4. The summed E-state index contributed by atoms with van der Waals surface area (Å²) in [6.07, 6.45) is 0. The lowest BCUT2D eigenvalue weighted by Gasteiger charge is -2.07. The van der Waals surface area contributed by atoms with Gasteiger partial charge in [0.15, 0.2) is 0 Å². The van der Waals surface area contributed by atoms with Gasteiger partial charge in [0.05, 0.1) is 23.3 Å². The Balaban J connectivity index is 3.36. The number of nitriles is 2. The van der Waals surface area contributed by atoms with Crippen LogP contribution >= 0.6 is 0 Å². The van der Waals surface area contributed by atoms with Crippen LogP contribution in [0.25, 0.3) is 0 Å². The number of nitro benzene ring substituents is 1. The molecule has 0 atom stereocenters. The average molecular weight is 287 g/mol. The van der Waals surface area contributed by atoms with Crippen LogP contribution in [-0.4, -0.2) is 23.7 Å². The zero-order chi connectivity index (χ0) is 16.0. The quantitative estimate of drug-likeness (QED) is 0.382. The van der Waals surface area contributed by atoms with E-state index in [1.54, 1.807) is 0 Å². The molecule has 1 aromatic rings. The van der Waals surface area contributed by atoms with Crippen molar-refractivity contribution in [1.82, 2.24) is 0 Å². The van der Waals surface area contributed by atoms with Crippen molar-refractivity contribution in [3.05, 3.63) is 33.4 Å². The van der Waals surface area contributed by atoms with Crippen LogP contribution in [0.5, 0.6) is 0 Å². The first-order chi connectivity index (χ1) is 9.94. The summed E-state index contributed by atoms with van der Waals surface area (Å²) in [5, 5.41) is 31.5. The molecule has 0 aromatic heterocycles. The Morgan fingerprint density at radius 1 is 1.43 bits per heavy atom. The maximum absolute atomic E-state index is 11.6. The first-order valence-electron chi connectivity index (χ1n) is 5.45. The molecule has 0 radical (unpaired) electrons.